The number of hydrogen-bond donors (Lipinski definition) is 2. The largest absolute Gasteiger partial charge is 0.356 e. The summed E-state index contributed by atoms with van der Waals surface area (Å²) < 4.78 is 1.87. The lowest BCUT2D eigenvalue weighted by atomic mass is 10.1. The van der Waals surface area contributed by atoms with Gasteiger partial charge in [0, 0.05) is 32.5 Å². The number of benzene rings is 2. The molecule has 1 fully saturated rings. The second-order valence-corrected chi connectivity index (χ2v) is 7.26. The maximum absolute atomic E-state index is 4.35. The van der Waals surface area contributed by atoms with E-state index in [1.807, 2.05) is 24.0 Å². The fourth-order valence-electron chi connectivity index (χ4n) is 3.59. The first-order chi connectivity index (χ1) is 13.8. The topological polar surface area (TPSA) is 54.2 Å². The van der Waals surface area contributed by atoms with Crippen molar-refractivity contribution in [3.05, 3.63) is 84.2 Å². The third-order valence-corrected chi connectivity index (χ3v) is 5.32. The number of aromatic nitrogens is 2. The van der Waals surface area contributed by atoms with Crippen LogP contribution in [0.3, 0.4) is 0 Å². The van der Waals surface area contributed by atoms with Crippen LogP contribution in [0.4, 0.5) is 0 Å². The summed E-state index contributed by atoms with van der Waals surface area (Å²) in [5, 5.41) is 11.1. The van der Waals surface area contributed by atoms with Crippen LogP contribution >= 0.6 is 0 Å². The van der Waals surface area contributed by atoms with Gasteiger partial charge in [0.15, 0.2) is 5.96 Å². The fraction of sp³-hybridized carbons (Fsp3) is 0.304. The SMILES string of the molecule is CN=C(NCCc1ccc(-n2cccn2)cc1)NCC1CC1c1ccccc1. The Bertz CT molecular complexity index is 885. The van der Waals surface area contributed by atoms with Crippen molar-refractivity contribution < 1.29 is 0 Å². The molecule has 1 saturated carbocycles. The molecule has 28 heavy (non-hydrogen) atoms. The second kappa shape index (κ2) is 8.74. The molecular formula is C23H27N5. The standard InChI is InChI=1S/C23H27N5/c1-24-23(26-17-20-16-22(20)19-6-3-2-4-7-19)25-14-12-18-8-10-21(11-9-18)28-15-5-13-27-28/h2-11,13,15,20,22H,12,14,16-17H2,1H3,(H2,24,25,26). The molecule has 0 bridgehead atoms. The molecule has 3 aromatic rings. The highest BCUT2D eigenvalue weighted by Crippen LogP contribution is 2.46. The molecule has 5 heteroatoms. The molecule has 0 spiro atoms. The molecule has 0 radical (unpaired) electrons. The molecule has 5 nitrogen and oxygen atoms in total. The highest BCUT2D eigenvalue weighted by Gasteiger charge is 2.37. The van der Waals surface area contributed by atoms with Gasteiger partial charge in [0.1, 0.15) is 0 Å². The lowest BCUT2D eigenvalue weighted by molar-refractivity contribution is 0.717. The van der Waals surface area contributed by atoms with Crippen LogP contribution in [0, 0.1) is 5.92 Å². The minimum atomic E-state index is 0.695. The van der Waals surface area contributed by atoms with Gasteiger partial charge in [-0.1, -0.05) is 42.5 Å². The zero-order valence-electron chi connectivity index (χ0n) is 16.3. The van der Waals surface area contributed by atoms with Gasteiger partial charge in [-0.3, -0.25) is 4.99 Å². The summed E-state index contributed by atoms with van der Waals surface area (Å²) in [6.45, 7) is 1.82. The number of aliphatic imine (C=N–C) groups is 1. The van der Waals surface area contributed by atoms with Gasteiger partial charge in [0.2, 0.25) is 0 Å². The normalized spacial score (nSPS) is 18.7. The highest BCUT2D eigenvalue weighted by atomic mass is 15.3. The van der Waals surface area contributed by atoms with Gasteiger partial charge >= 0.3 is 0 Å². The van der Waals surface area contributed by atoms with Gasteiger partial charge < -0.3 is 10.6 Å². The number of nitrogens with one attached hydrogen (secondary N) is 2. The highest BCUT2D eigenvalue weighted by molar-refractivity contribution is 5.79. The third-order valence-electron chi connectivity index (χ3n) is 5.32. The third kappa shape index (κ3) is 4.60. The predicted octanol–water partition coefficient (Wildman–Crippen LogP) is 3.38. The first-order valence-electron chi connectivity index (χ1n) is 9.92. The monoisotopic (exact) mass is 373 g/mol. The smallest absolute Gasteiger partial charge is 0.190 e. The van der Waals surface area contributed by atoms with Gasteiger partial charge in [-0.15, -0.1) is 0 Å². The summed E-state index contributed by atoms with van der Waals surface area (Å²) in [6, 6.07) is 21.2. The quantitative estimate of drug-likeness (QED) is 0.493. The molecule has 1 aliphatic rings. The minimum absolute atomic E-state index is 0.695. The lowest BCUT2D eigenvalue weighted by Crippen LogP contribution is -2.39. The van der Waals surface area contributed by atoms with Gasteiger partial charge in [-0.05, 0) is 54.0 Å². The van der Waals surface area contributed by atoms with Crippen LogP contribution in [0.5, 0.6) is 0 Å². The van der Waals surface area contributed by atoms with Gasteiger partial charge in [0.05, 0.1) is 5.69 Å². The van der Waals surface area contributed by atoms with Crippen molar-refractivity contribution in [1.82, 2.24) is 20.4 Å². The van der Waals surface area contributed by atoms with Crippen molar-refractivity contribution in [2.45, 2.75) is 18.8 Å². The minimum Gasteiger partial charge on any atom is -0.356 e. The zero-order valence-corrected chi connectivity index (χ0v) is 16.3. The second-order valence-electron chi connectivity index (χ2n) is 7.26. The van der Waals surface area contributed by atoms with Crippen LogP contribution < -0.4 is 10.6 Å². The van der Waals surface area contributed by atoms with Crippen LogP contribution in [-0.4, -0.2) is 35.9 Å². The molecule has 144 valence electrons. The summed E-state index contributed by atoms with van der Waals surface area (Å²) in [4.78, 5) is 4.35. The van der Waals surface area contributed by atoms with Crippen molar-refractivity contribution >= 4 is 5.96 Å². The van der Waals surface area contributed by atoms with E-state index in [9.17, 15) is 0 Å². The number of hydrogen-bond acceptors (Lipinski definition) is 2. The molecular weight excluding hydrogens is 346 g/mol. The van der Waals surface area contributed by atoms with E-state index in [0.29, 0.717) is 11.8 Å². The van der Waals surface area contributed by atoms with Crippen molar-refractivity contribution in [3.63, 3.8) is 0 Å². The molecule has 2 atom stereocenters. The van der Waals surface area contributed by atoms with E-state index in [0.717, 1.165) is 31.2 Å². The summed E-state index contributed by atoms with van der Waals surface area (Å²) in [5.74, 6) is 2.28. The van der Waals surface area contributed by atoms with E-state index in [1.54, 1.807) is 6.20 Å². The Morgan fingerprint density at radius 2 is 1.89 bits per heavy atom. The van der Waals surface area contributed by atoms with Crippen LogP contribution in [0.25, 0.3) is 5.69 Å². The molecule has 2 N–H and O–H groups in total. The Morgan fingerprint density at radius 3 is 2.61 bits per heavy atom. The first-order valence-corrected chi connectivity index (χ1v) is 9.92. The van der Waals surface area contributed by atoms with Crippen LogP contribution in [-0.2, 0) is 6.42 Å². The number of guanidine groups is 1. The van der Waals surface area contributed by atoms with Gasteiger partial charge in [-0.25, -0.2) is 4.68 Å². The summed E-state index contributed by atoms with van der Waals surface area (Å²) in [7, 11) is 1.83. The van der Waals surface area contributed by atoms with E-state index >= 15 is 0 Å². The van der Waals surface area contributed by atoms with E-state index in [4.69, 9.17) is 0 Å². The maximum Gasteiger partial charge on any atom is 0.190 e. The molecule has 2 aromatic carbocycles. The Kier molecular flexibility index (Phi) is 5.71. The Hall–Kier alpha value is -3.08. The van der Waals surface area contributed by atoms with E-state index in [1.165, 1.54) is 17.5 Å². The molecule has 1 heterocycles. The summed E-state index contributed by atoms with van der Waals surface area (Å²) in [5.41, 5.74) is 3.83. The van der Waals surface area contributed by atoms with Crippen molar-refractivity contribution in [2.24, 2.45) is 10.9 Å². The average Bonchev–Trinajstić information content (AvgIpc) is 3.32. The molecule has 0 saturated heterocycles. The van der Waals surface area contributed by atoms with E-state index < -0.39 is 0 Å². The van der Waals surface area contributed by atoms with E-state index in [2.05, 4.69) is 75.3 Å². The Morgan fingerprint density at radius 1 is 1.07 bits per heavy atom. The van der Waals surface area contributed by atoms with Crippen molar-refractivity contribution in [2.75, 3.05) is 20.1 Å². The predicted molar refractivity (Wildman–Crippen MR) is 114 cm³/mol. The average molecular weight is 374 g/mol. The number of nitrogens with zero attached hydrogens (tertiary/aromatic N) is 3. The van der Waals surface area contributed by atoms with Crippen LogP contribution in [0.1, 0.15) is 23.5 Å². The zero-order chi connectivity index (χ0) is 19.2. The van der Waals surface area contributed by atoms with Gasteiger partial charge in [0.25, 0.3) is 0 Å². The van der Waals surface area contributed by atoms with Gasteiger partial charge in [-0.2, -0.15) is 5.10 Å². The molecule has 1 aromatic heterocycles. The fourth-order valence-corrected chi connectivity index (χ4v) is 3.59. The van der Waals surface area contributed by atoms with Crippen LogP contribution in [0.2, 0.25) is 0 Å². The molecule has 0 aliphatic heterocycles. The summed E-state index contributed by atoms with van der Waals surface area (Å²) in [6.07, 6.45) is 5.96. The van der Waals surface area contributed by atoms with Crippen molar-refractivity contribution in [1.29, 1.82) is 0 Å². The summed E-state index contributed by atoms with van der Waals surface area (Å²) >= 11 is 0. The Balaban J connectivity index is 1.19. The maximum atomic E-state index is 4.35. The number of rotatable bonds is 7. The molecule has 2 unspecified atom stereocenters. The molecule has 1 aliphatic carbocycles. The Labute approximate surface area is 166 Å². The van der Waals surface area contributed by atoms with Crippen LogP contribution in [0.15, 0.2) is 78.0 Å². The molecule has 4 rings (SSSR count). The lowest BCUT2D eigenvalue weighted by Gasteiger charge is -2.12. The molecule has 0 amide bonds. The van der Waals surface area contributed by atoms with E-state index in [-0.39, 0.29) is 0 Å². The van der Waals surface area contributed by atoms with Crippen molar-refractivity contribution in [3.8, 4) is 5.69 Å². The first kappa shape index (κ1) is 18.3.